The fourth-order valence-electron chi connectivity index (χ4n) is 2.17. The van der Waals surface area contributed by atoms with Crippen molar-refractivity contribution in [1.82, 2.24) is 0 Å². The largest absolute Gasteiger partial charge is 0.484 e. The summed E-state index contributed by atoms with van der Waals surface area (Å²) in [5.41, 5.74) is 2.13. The molecule has 0 saturated carbocycles. The van der Waals surface area contributed by atoms with Crippen molar-refractivity contribution in [3.63, 3.8) is 0 Å². The summed E-state index contributed by atoms with van der Waals surface area (Å²) in [5, 5.41) is 2.86. The van der Waals surface area contributed by atoms with E-state index in [2.05, 4.69) is 40.0 Å². The number of rotatable bonds is 5. The number of ether oxygens (including phenoxy) is 1. The second-order valence-electron chi connectivity index (χ2n) is 4.96. The zero-order chi connectivity index (χ0) is 16.1. The SMILES string of the molecule is O=C(COc1ccc(C2SCCS2)cc1)Nc1ccccc1I. The lowest BCUT2D eigenvalue weighted by atomic mass is 10.2. The molecule has 2 aromatic rings. The van der Waals surface area contributed by atoms with Crippen LogP contribution in [-0.4, -0.2) is 24.0 Å². The Kier molecular flexibility index (Phi) is 6.13. The maximum absolute atomic E-state index is 12.0. The van der Waals surface area contributed by atoms with Crippen LogP contribution >= 0.6 is 46.1 Å². The van der Waals surface area contributed by atoms with Crippen molar-refractivity contribution in [3.8, 4) is 5.75 Å². The molecule has 1 amide bonds. The van der Waals surface area contributed by atoms with Crippen LogP contribution in [-0.2, 0) is 4.79 Å². The van der Waals surface area contributed by atoms with E-state index in [-0.39, 0.29) is 12.5 Å². The van der Waals surface area contributed by atoms with Gasteiger partial charge in [-0.3, -0.25) is 4.79 Å². The number of hydrogen-bond acceptors (Lipinski definition) is 4. The summed E-state index contributed by atoms with van der Waals surface area (Å²) in [6.45, 7) is 0.0112. The summed E-state index contributed by atoms with van der Waals surface area (Å²) in [4.78, 5) is 12.0. The van der Waals surface area contributed by atoms with Gasteiger partial charge >= 0.3 is 0 Å². The maximum atomic E-state index is 12.0. The molecule has 3 rings (SSSR count). The summed E-state index contributed by atoms with van der Waals surface area (Å²) in [6.07, 6.45) is 0. The van der Waals surface area contributed by atoms with E-state index < -0.39 is 0 Å². The first-order valence-corrected chi connectivity index (χ1v) is 10.4. The molecule has 1 aliphatic heterocycles. The molecule has 120 valence electrons. The zero-order valence-corrected chi connectivity index (χ0v) is 16.1. The summed E-state index contributed by atoms with van der Waals surface area (Å²) in [5.74, 6) is 3.00. The average molecular weight is 457 g/mol. The van der Waals surface area contributed by atoms with E-state index in [0.29, 0.717) is 4.58 Å². The minimum Gasteiger partial charge on any atom is -0.484 e. The molecule has 0 aromatic heterocycles. The lowest BCUT2D eigenvalue weighted by Gasteiger charge is -2.11. The third-order valence-corrected chi connectivity index (χ3v) is 7.34. The van der Waals surface area contributed by atoms with E-state index in [1.54, 1.807) is 0 Å². The molecule has 1 N–H and O–H groups in total. The van der Waals surface area contributed by atoms with Gasteiger partial charge in [-0.1, -0.05) is 24.3 Å². The Hall–Kier alpha value is -0.860. The van der Waals surface area contributed by atoms with E-state index in [4.69, 9.17) is 4.74 Å². The van der Waals surface area contributed by atoms with Gasteiger partial charge < -0.3 is 10.1 Å². The molecule has 0 atom stereocenters. The normalized spacial score (nSPS) is 14.7. The van der Waals surface area contributed by atoms with Crippen LogP contribution in [0.4, 0.5) is 5.69 Å². The van der Waals surface area contributed by atoms with Gasteiger partial charge in [0.05, 0.1) is 10.3 Å². The Bertz CT molecular complexity index is 673. The fraction of sp³-hybridized carbons (Fsp3) is 0.235. The maximum Gasteiger partial charge on any atom is 0.262 e. The number of carbonyl (C=O) groups is 1. The zero-order valence-electron chi connectivity index (χ0n) is 12.3. The van der Waals surface area contributed by atoms with Gasteiger partial charge in [-0.15, -0.1) is 23.5 Å². The second kappa shape index (κ2) is 8.30. The molecule has 0 unspecified atom stereocenters. The first-order chi connectivity index (χ1) is 11.2. The molecule has 0 bridgehead atoms. The number of anilines is 1. The van der Waals surface area contributed by atoms with E-state index >= 15 is 0 Å². The highest BCUT2D eigenvalue weighted by molar-refractivity contribution is 14.1. The molecule has 1 aliphatic rings. The lowest BCUT2D eigenvalue weighted by molar-refractivity contribution is -0.118. The summed E-state index contributed by atoms with van der Waals surface area (Å²) in [7, 11) is 0. The van der Waals surface area contributed by atoms with Crippen LogP contribution in [0.25, 0.3) is 0 Å². The first kappa shape index (κ1) is 17.0. The van der Waals surface area contributed by atoms with Crippen LogP contribution in [0.2, 0.25) is 0 Å². The van der Waals surface area contributed by atoms with Crippen molar-refractivity contribution in [3.05, 3.63) is 57.7 Å². The summed E-state index contributed by atoms with van der Waals surface area (Å²) < 4.78 is 7.11. The van der Waals surface area contributed by atoms with Crippen LogP contribution in [0.15, 0.2) is 48.5 Å². The number of benzene rings is 2. The Balaban J connectivity index is 1.51. The molecule has 1 heterocycles. The number of carbonyl (C=O) groups excluding carboxylic acids is 1. The molecule has 3 nitrogen and oxygen atoms in total. The van der Waals surface area contributed by atoms with Crippen LogP contribution in [0.3, 0.4) is 0 Å². The number of thioether (sulfide) groups is 2. The Morgan fingerprint density at radius 3 is 2.52 bits per heavy atom. The van der Waals surface area contributed by atoms with E-state index in [1.165, 1.54) is 17.1 Å². The predicted molar refractivity (Wildman–Crippen MR) is 107 cm³/mol. The fourth-order valence-corrected chi connectivity index (χ4v) is 5.55. The molecular weight excluding hydrogens is 441 g/mol. The van der Waals surface area contributed by atoms with Gasteiger partial charge in [0.15, 0.2) is 6.61 Å². The first-order valence-electron chi connectivity index (χ1n) is 7.23. The smallest absolute Gasteiger partial charge is 0.262 e. The van der Waals surface area contributed by atoms with Gasteiger partial charge in [0, 0.05) is 15.1 Å². The average Bonchev–Trinajstić information content (AvgIpc) is 3.10. The van der Waals surface area contributed by atoms with Gasteiger partial charge in [-0.2, -0.15) is 0 Å². The third kappa shape index (κ3) is 4.81. The van der Waals surface area contributed by atoms with Crippen LogP contribution in [0, 0.1) is 3.57 Å². The van der Waals surface area contributed by atoms with Crippen molar-refractivity contribution < 1.29 is 9.53 Å². The number of para-hydroxylation sites is 1. The molecule has 2 aromatic carbocycles. The van der Waals surface area contributed by atoms with Crippen molar-refractivity contribution in [1.29, 1.82) is 0 Å². The quantitative estimate of drug-likeness (QED) is 0.656. The molecule has 1 saturated heterocycles. The van der Waals surface area contributed by atoms with Gasteiger partial charge in [0.1, 0.15) is 5.75 Å². The molecule has 0 aliphatic carbocycles. The minimum absolute atomic E-state index is 0.0112. The predicted octanol–water partition coefficient (Wildman–Crippen LogP) is 4.79. The van der Waals surface area contributed by atoms with Crippen LogP contribution < -0.4 is 10.1 Å². The Morgan fingerprint density at radius 2 is 1.83 bits per heavy atom. The number of halogens is 1. The monoisotopic (exact) mass is 457 g/mol. The second-order valence-corrected chi connectivity index (χ2v) is 8.85. The topological polar surface area (TPSA) is 38.3 Å². The van der Waals surface area contributed by atoms with Crippen molar-refractivity contribution in [2.75, 3.05) is 23.4 Å². The lowest BCUT2D eigenvalue weighted by Crippen LogP contribution is -2.20. The summed E-state index contributed by atoms with van der Waals surface area (Å²) in [6, 6.07) is 15.7. The number of amides is 1. The summed E-state index contributed by atoms with van der Waals surface area (Å²) >= 11 is 6.16. The molecular formula is C17H16INO2S2. The molecule has 23 heavy (non-hydrogen) atoms. The highest BCUT2D eigenvalue weighted by atomic mass is 127. The van der Waals surface area contributed by atoms with Gasteiger partial charge in [-0.05, 0) is 52.4 Å². The van der Waals surface area contributed by atoms with Crippen LogP contribution in [0.1, 0.15) is 10.1 Å². The Labute approximate surface area is 158 Å². The molecule has 0 spiro atoms. The number of hydrogen-bond donors (Lipinski definition) is 1. The molecule has 6 heteroatoms. The van der Waals surface area contributed by atoms with E-state index in [0.717, 1.165) is 15.0 Å². The van der Waals surface area contributed by atoms with Crippen molar-refractivity contribution in [2.45, 2.75) is 4.58 Å². The highest BCUT2D eigenvalue weighted by Crippen LogP contribution is 2.45. The molecule has 0 radical (unpaired) electrons. The van der Waals surface area contributed by atoms with Crippen molar-refractivity contribution in [2.24, 2.45) is 0 Å². The standard InChI is InChI=1S/C17H16INO2S2/c18-14-3-1-2-4-15(14)19-16(20)11-21-13-7-5-12(6-8-13)17-22-9-10-23-17/h1-8,17H,9-11H2,(H,19,20). The van der Waals surface area contributed by atoms with Crippen molar-refractivity contribution >= 4 is 57.7 Å². The highest BCUT2D eigenvalue weighted by Gasteiger charge is 2.18. The van der Waals surface area contributed by atoms with Gasteiger partial charge in [0.25, 0.3) is 5.91 Å². The van der Waals surface area contributed by atoms with E-state index in [9.17, 15) is 4.79 Å². The third-order valence-electron chi connectivity index (χ3n) is 3.29. The molecule has 1 fully saturated rings. The van der Waals surface area contributed by atoms with Gasteiger partial charge in [0.2, 0.25) is 0 Å². The minimum atomic E-state index is -0.153. The number of nitrogens with one attached hydrogen (secondary N) is 1. The van der Waals surface area contributed by atoms with Gasteiger partial charge in [-0.25, -0.2) is 0 Å². The Morgan fingerprint density at radius 1 is 1.13 bits per heavy atom. The van der Waals surface area contributed by atoms with E-state index in [1.807, 2.05) is 59.9 Å². The van der Waals surface area contributed by atoms with Crippen LogP contribution in [0.5, 0.6) is 5.75 Å².